The van der Waals surface area contributed by atoms with Gasteiger partial charge in [-0.15, -0.1) is 0 Å². The quantitative estimate of drug-likeness (QED) is 0.827. The first-order valence-corrected chi connectivity index (χ1v) is 4.73. The summed E-state index contributed by atoms with van der Waals surface area (Å²) in [5, 5.41) is 0. The first-order chi connectivity index (χ1) is 6.88. The molecule has 0 aliphatic rings. The van der Waals surface area contributed by atoms with E-state index in [9.17, 15) is 13.2 Å². The highest BCUT2D eigenvalue weighted by molar-refractivity contribution is 5.28. The summed E-state index contributed by atoms with van der Waals surface area (Å²) in [5.41, 5.74) is 4.54. The van der Waals surface area contributed by atoms with Crippen LogP contribution in [0.25, 0.3) is 0 Å². The standard InChI is InChI=1S/C11H14F3N/c1-11(2,3-4-15)10-8(13)5-7(12)6-9(10)14/h5-6H,3-4,15H2,1-2H3. The Labute approximate surface area is 87.1 Å². The summed E-state index contributed by atoms with van der Waals surface area (Å²) in [6.07, 6.45) is 0.437. The number of halogens is 3. The van der Waals surface area contributed by atoms with Gasteiger partial charge in [0.2, 0.25) is 0 Å². The molecule has 0 radical (unpaired) electrons. The molecule has 0 aromatic heterocycles. The largest absolute Gasteiger partial charge is 0.330 e. The summed E-state index contributed by atoms with van der Waals surface area (Å²) in [5.74, 6) is -2.62. The molecule has 2 N–H and O–H groups in total. The summed E-state index contributed by atoms with van der Waals surface area (Å²) < 4.78 is 39.5. The Bertz CT molecular complexity index is 338. The molecule has 1 nitrogen and oxygen atoms in total. The molecule has 1 aromatic carbocycles. The zero-order valence-corrected chi connectivity index (χ0v) is 8.78. The van der Waals surface area contributed by atoms with Crippen molar-refractivity contribution in [3.8, 4) is 0 Å². The van der Waals surface area contributed by atoms with Crippen LogP contribution >= 0.6 is 0 Å². The minimum Gasteiger partial charge on any atom is -0.330 e. The number of hydrogen-bond acceptors (Lipinski definition) is 1. The Morgan fingerprint density at radius 2 is 1.60 bits per heavy atom. The number of benzene rings is 1. The van der Waals surface area contributed by atoms with Crippen LogP contribution in [0.2, 0.25) is 0 Å². The summed E-state index contributed by atoms with van der Waals surface area (Å²) >= 11 is 0. The fraction of sp³-hybridized carbons (Fsp3) is 0.455. The van der Waals surface area contributed by atoms with Gasteiger partial charge in [-0.25, -0.2) is 13.2 Å². The van der Waals surface area contributed by atoms with E-state index in [-0.39, 0.29) is 5.56 Å². The molecule has 0 aliphatic heterocycles. The van der Waals surface area contributed by atoms with Crippen molar-refractivity contribution < 1.29 is 13.2 Å². The second kappa shape index (κ2) is 4.23. The van der Waals surface area contributed by atoms with Crippen molar-refractivity contribution in [1.82, 2.24) is 0 Å². The number of rotatable bonds is 3. The van der Waals surface area contributed by atoms with E-state index < -0.39 is 22.9 Å². The van der Waals surface area contributed by atoms with Crippen LogP contribution in [0.5, 0.6) is 0 Å². The molecule has 0 amide bonds. The lowest BCUT2D eigenvalue weighted by molar-refractivity contribution is 0.419. The highest BCUT2D eigenvalue weighted by atomic mass is 19.1. The van der Waals surface area contributed by atoms with Gasteiger partial charge < -0.3 is 5.73 Å². The first-order valence-electron chi connectivity index (χ1n) is 4.73. The normalized spacial score (nSPS) is 11.9. The van der Waals surface area contributed by atoms with Gasteiger partial charge in [0.1, 0.15) is 17.5 Å². The lowest BCUT2D eigenvalue weighted by Gasteiger charge is -2.25. The number of nitrogens with two attached hydrogens (primary N) is 1. The van der Waals surface area contributed by atoms with E-state index in [1.807, 2.05) is 0 Å². The third-order valence-corrected chi connectivity index (χ3v) is 2.45. The van der Waals surface area contributed by atoms with Crippen molar-refractivity contribution in [3.63, 3.8) is 0 Å². The van der Waals surface area contributed by atoms with E-state index in [0.717, 1.165) is 0 Å². The molecule has 1 rings (SSSR count). The number of hydrogen-bond donors (Lipinski definition) is 1. The van der Waals surface area contributed by atoms with Crippen LogP contribution in [0.1, 0.15) is 25.8 Å². The van der Waals surface area contributed by atoms with Crippen molar-refractivity contribution >= 4 is 0 Å². The van der Waals surface area contributed by atoms with Crippen LogP contribution in [0.15, 0.2) is 12.1 Å². The maximum atomic E-state index is 13.4. The molecule has 0 unspecified atom stereocenters. The second-order valence-electron chi connectivity index (χ2n) is 4.17. The van der Waals surface area contributed by atoms with Crippen molar-refractivity contribution in [1.29, 1.82) is 0 Å². The van der Waals surface area contributed by atoms with Gasteiger partial charge in [0, 0.05) is 17.7 Å². The third-order valence-electron chi connectivity index (χ3n) is 2.45. The van der Waals surface area contributed by atoms with Crippen LogP contribution in [-0.4, -0.2) is 6.54 Å². The fourth-order valence-corrected chi connectivity index (χ4v) is 1.67. The Balaban J connectivity index is 3.24. The Hall–Kier alpha value is -1.03. The SMILES string of the molecule is CC(C)(CCN)c1c(F)cc(F)cc1F. The van der Waals surface area contributed by atoms with Crippen molar-refractivity contribution in [3.05, 3.63) is 35.1 Å². The molecule has 4 heteroatoms. The average Bonchev–Trinajstić information content (AvgIpc) is 1.99. The Kier molecular flexibility index (Phi) is 3.39. The van der Waals surface area contributed by atoms with E-state index >= 15 is 0 Å². The maximum absolute atomic E-state index is 13.4. The molecular formula is C11H14F3N. The van der Waals surface area contributed by atoms with E-state index in [1.54, 1.807) is 13.8 Å². The van der Waals surface area contributed by atoms with Crippen LogP contribution in [0.3, 0.4) is 0 Å². The van der Waals surface area contributed by atoms with Gasteiger partial charge in [0.15, 0.2) is 0 Å². The van der Waals surface area contributed by atoms with E-state index in [1.165, 1.54) is 0 Å². The van der Waals surface area contributed by atoms with E-state index in [2.05, 4.69) is 0 Å². The topological polar surface area (TPSA) is 26.0 Å². The minimum atomic E-state index is -0.905. The summed E-state index contributed by atoms with van der Waals surface area (Å²) in [6, 6.07) is 1.38. The molecule has 0 atom stereocenters. The van der Waals surface area contributed by atoms with Gasteiger partial charge in [-0.3, -0.25) is 0 Å². The second-order valence-corrected chi connectivity index (χ2v) is 4.17. The van der Waals surface area contributed by atoms with Gasteiger partial charge in [-0.2, -0.15) is 0 Å². The molecule has 1 aromatic rings. The zero-order valence-electron chi connectivity index (χ0n) is 8.78. The molecule has 0 spiro atoms. The van der Waals surface area contributed by atoms with Gasteiger partial charge in [0.05, 0.1) is 0 Å². The molecular weight excluding hydrogens is 203 g/mol. The monoisotopic (exact) mass is 217 g/mol. The van der Waals surface area contributed by atoms with Crippen molar-refractivity contribution in [2.45, 2.75) is 25.7 Å². The van der Waals surface area contributed by atoms with Gasteiger partial charge in [0.25, 0.3) is 0 Å². The molecule has 0 heterocycles. The van der Waals surface area contributed by atoms with Crippen molar-refractivity contribution in [2.24, 2.45) is 5.73 Å². The maximum Gasteiger partial charge on any atom is 0.132 e. The minimum absolute atomic E-state index is 0.102. The molecule has 84 valence electrons. The summed E-state index contributed by atoms with van der Waals surface area (Å²) in [4.78, 5) is 0. The van der Waals surface area contributed by atoms with Crippen LogP contribution in [-0.2, 0) is 5.41 Å². The van der Waals surface area contributed by atoms with E-state index in [0.29, 0.717) is 25.1 Å². The lowest BCUT2D eigenvalue weighted by Crippen LogP contribution is -2.24. The molecule has 0 saturated carbocycles. The third kappa shape index (κ3) is 2.50. The molecule has 0 saturated heterocycles. The van der Waals surface area contributed by atoms with Gasteiger partial charge >= 0.3 is 0 Å². The zero-order chi connectivity index (χ0) is 11.6. The van der Waals surface area contributed by atoms with Crippen LogP contribution < -0.4 is 5.73 Å². The molecule has 0 fully saturated rings. The predicted molar refractivity (Wildman–Crippen MR) is 53.0 cm³/mol. The molecule has 15 heavy (non-hydrogen) atoms. The highest BCUT2D eigenvalue weighted by Gasteiger charge is 2.27. The molecule has 0 aliphatic carbocycles. The average molecular weight is 217 g/mol. The highest BCUT2D eigenvalue weighted by Crippen LogP contribution is 2.31. The summed E-state index contributed by atoms with van der Waals surface area (Å²) in [7, 11) is 0. The Morgan fingerprint density at radius 3 is 2.00 bits per heavy atom. The van der Waals surface area contributed by atoms with Gasteiger partial charge in [-0.05, 0) is 18.4 Å². The van der Waals surface area contributed by atoms with E-state index in [4.69, 9.17) is 5.73 Å². The summed E-state index contributed by atoms with van der Waals surface area (Å²) in [6.45, 7) is 3.68. The molecule has 0 bridgehead atoms. The van der Waals surface area contributed by atoms with Gasteiger partial charge in [-0.1, -0.05) is 13.8 Å². The smallest absolute Gasteiger partial charge is 0.132 e. The Morgan fingerprint density at radius 1 is 1.13 bits per heavy atom. The van der Waals surface area contributed by atoms with Crippen LogP contribution in [0.4, 0.5) is 13.2 Å². The first kappa shape index (κ1) is 12.0. The lowest BCUT2D eigenvalue weighted by atomic mass is 9.81. The van der Waals surface area contributed by atoms with Crippen molar-refractivity contribution in [2.75, 3.05) is 6.54 Å². The fourth-order valence-electron chi connectivity index (χ4n) is 1.67. The predicted octanol–water partition coefficient (Wildman–Crippen LogP) is 2.73. The van der Waals surface area contributed by atoms with Crippen LogP contribution in [0, 0.1) is 17.5 Å².